The van der Waals surface area contributed by atoms with Gasteiger partial charge in [-0.05, 0) is 63.1 Å². The van der Waals surface area contributed by atoms with Crippen LogP contribution < -0.4 is 0 Å². The summed E-state index contributed by atoms with van der Waals surface area (Å²) < 4.78 is 35.0. The molecule has 1 saturated heterocycles. The Morgan fingerprint density at radius 2 is 1.84 bits per heavy atom. The third-order valence-corrected chi connectivity index (χ3v) is 7.68. The normalized spacial score (nSPS) is 17.9. The van der Waals surface area contributed by atoms with Crippen LogP contribution >= 0.6 is 0 Å². The Kier molecular flexibility index (Phi) is 5.85. The van der Waals surface area contributed by atoms with Crippen LogP contribution in [0.2, 0.25) is 0 Å². The number of para-hydroxylation sites is 2. The van der Waals surface area contributed by atoms with Crippen LogP contribution in [0.4, 0.5) is 0 Å². The van der Waals surface area contributed by atoms with E-state index in [2.05, 4.69) is 29.2 Å². The first-order chi connectivity index (χ1) is 14.8. The molecule has 31 heavy (non-hydrogen) atoms. The zero-order valence-electron chi connectivity index (χ0n) is 18.0. The van der Waals surface area contributed by atoms with Crippen molar-refractivity contribution in [2.75, 3.05) is 20.2 Å². The predicted octanol–water partition coefficient (Wildman–Crippen LogP) is 3.97. The van der Waals surface area contributed by atoms with Gasteiger partial charge < -0.3 is 9.30 Å². The molecule has 8 heteroatoms. The quantitative estimate of drug-likeness (QED) is 0.560. The molecular weight excluding hydrogens is 414 g/mol. The molecule has 164 valence electrons. The molecule has 0 bridgehead atoms. The highest BCUT2D eigenvalue weighted by atomic mass is 32.2. The van der Waals surface area contributed by atoms with Gasteiger partial charge in [-0.2, -0.15) is 4.31 Å². The van der Waals surface area contributed by atoms with Crippen molar-refractivity contribution in [3.63, 3.8) is 0 Å². The number of fused-ring (bicyclic) bond motifs is 1. The summed E-state index contributed by atoms with van der Waals surface area (Å²) in [5, 5.41) is 0. The lowest BCUT2D eigenvalue weighted by molar-refractivity contribution is 0.0600. The fraction of sp³-hybridized carbons (Fsp3) is 0.391. The van der Waals surface area contributed by atoms with Crippen molar-refractivity contribution in [1.82, 2.24) is 13.9 Å². The van der Waals surface area contributed by atoms with Crippen LogP contribution in [0.1, 0.15) is 54.8 Å². The third-order valence-electron chi connectivity index (χ3n) is 5.80. The molecular formula is C23H27N3O4S. The van der Waals surface area contributed by atoms with Crippen molar-refractivity contribution in [2.24, 2.45) is 0 Å². The first-order valence-electron chi connectivity index (χ1n) is 10.5. The molecule has 1 unspecified atom stereocenters. The molecule has 2 heterocycles. The van der Waals surface area contributed by atoms with Gasteiger partial charge in [0.1, 0.15) is 5.82 Å². The van der Waals surface area contributed by atoms with Crippen LogP contribution in [-0.4, -0.2) is 48.4 Å². The van der Waals surface area contributed by atoms with E-state index in [0.29, 0.717) is 18.7 Å². The zero-order valence-corrected chi connectivity index (χ0v) is 18.8. The number of aromatic nitrogens is 2. The van der Waals surface area contributed by atoms with Gasteiger partial charge in [-0.15, -0.1) is 0 Å². The number of carbonyl (C=O) groups is 1. The lowest BCUT2D eigenvalue weighted by Crippen LogP contribution is -2.39. The molecule has 0 spiro atoms. The maximum Gasteiger partial charge on any atom is 0.337 e. The Morgan fingerprint density at radius 1 is 1.13 bits per heavy atom. The van der Waals surface area contributed by atoms with Crippen LogP contribution in [-0.2, 0) is 14.8 Å². The summed E-state index contributed by atoms with van der Waals surface area (Å²) in [6.07, 6.45) is 1.66. The van der Waals surface area contributed by atoms with Gasteiger partial charge >= 0.3 is 5.97 Å². The molecule has 1 aromatic heterocycles. The van der Waals surface area contributed by atoms with Crippen molar-refractivity contribution in [1.29, 1.82) is 0 Å². The molecule has 0 aliphatic carbocycles. The summed E-state index contributed by atoms with van der Waals surface area (Å²) in [6.45, 7) is 5.10. The first-order valence-corrected chi connectivity index (χ1v) is 11.9. The summed E-state index contributed by atoms with van der Waals surface area (Å²) in [5.74, 6) is 0.472. The molecule has 4 rings (SSSR count). The highest BCUT2D eigenvalue weighted by molar-refractivity contribution is 7.89. The van der Waals surface area contributed by atoms with E-state index in [4.69, 9.17) is 4.98 Å². The number of piperidine rings is 1. The van der Waals surface area contributed by atoms with Gasteiger partial charge in [-0.1, -0.05) is 12.1 Å². The van der Waals surface area contributed by atoms with Gasteiger partial charge in [0.15, 0.2) is 0 Å². The van der Waals surface area contributed by atoms with Crippen molar-refractivity contribution in [3.8, 4) is 0 Å². The Bertz CT molecular complexity index is 1200. The second-order valence-electron chi connectivity index (χ2n) is 8.14. The zero-order chi connectivity index (χ0) is 22.2. The van der Waals surface area contributed by atoms with E-state index in [-0.39, 0.29) is 16.9 Å². The third kappa shape index (κ3) is 3.97. The molecule has 3 aromatic rings. The van der Waals surface area contributed by atoms with E-state index in [1.165, 1.54) is 31.4 Å². The Labute approximate surface area is 182 Å². The lowest BCUT2D eigenvalue weighted by Gasteiger charge is -2.32. The van der Waals surface area contributed by atoms with Crippen LogP contribution in [0.3, 0.4) is 0 Å². The van der Waals surface area contributed by atoms with E-state index in [1.807, 2.05) is 18.2 Å². The number of hydrogen-bond acceptors (Lipinski definition) is 5. The van der Waals surface area contributed by atoms with Crippen LogP contribution in [0.5, 0.6) is 0 Å². The van der Waals surface area contributed by atoms with Gasteiger partial charge in [0.05, 0.1) is 28.6 Å². The van der Waals surface area contributed by atoms with Crippen LogP contribution in [0.25, 0.3) is 11.0 Å². The lowest BCUT2D eigenvalue weighted by atomic mass is 9.98. The number of carbonyl (C=O) groups excluding carboxylic acids is 1. The fourth-order valence-electron chi connectivity index (χ4n) is 4.30. The molecule has 1 aliphatic heterocycles. The van der Waals surface area contributed by atoms with Crippen molar-refractivity contribution in [3.05, 3.63) is 59.9 Å². The topological polar surface area (TPSA) is 81.5 Å². The number of rotatable bonds is 5. The molecule has 1 atom stereocenters. The first kappa shape index (κ1) is 21.5. The minimum Gasteiger partial charge on any atom is -0.465 e. The molecule has 0 amide bonds. The van der Waals surface area contributed by atoms with Crippen LogP contribution in [0, 0.1) is 0 Å². The van der Waals surface area contributed by atoms with Crippen LogP contribution in [0.15, 0.2) is 53.4 Å². The van der Waals surface area contributed by atoms with Gasteiger partial charge in [-0.25, -0.2) is 18.2 Å². The highest BCUT2D eigenvalue weighted by Crippen LogP contribution is 2.33. The standard InChI is InChI=1S/C23H27N3O4S/c1-16(2)26-21-9-5-4-8-20(21)24-22(26)18-7-6-14-25(15-18)31(28,29)19-12-10-17(11-13-19)23(27)30-3/h4-5,8-13,16,18H,6-7,14-15H2,1-3H3. The maximum absolute atomic E-state index is 13.3. The Morgan fingerprint density at radius 3 is 2.52 bits per heavy atom. The number of esters is 1. The van der Waals surface area contributed by atoms with E-state index in [9.17, 15) is 13.2 Å². The largest absolute Gasteiger partial charge is 0.465 e. The fourth-order valence-corrected chi connectivity index (χ4v) is 5.82. The number of methoxy groups -OCH3 is 1. The van der Waals surface area contributed by atoms with E-state index < -0.39 is 16.0 Å². The van der Waals surface area contributed by atoms with Gasteiger partial charge in [0.25, 0.3) is 0 Å². The average molecular weight is 442 g/mol. The van der Waals surface area contributed by atoms with E-state index in [1.54, 1.807) is 4.31 Å². The Balaban J connectivity index is 1.64. The Hall–Kier alpha value is -2.71. The molecule has 0 radical (unpaired) electrons. The van der Waals surface area contributed by atoms with E-state index >= 15 is 0 Å². The molecule has 1 aliphatic rings. The molecule has 0 N–H and O–H groups in total. The SMILES string of the molecule is COC(=O)c1ccc(S(=O)(=O)N2CCCC(c3nc4ccccc4n3C(C)C)C2)cc1. The second kappa shape index (κ2) is 8.43. The van der Waals surface area contributed by atoms with Gasteiger partial charge in [0.2, 0.25) is 10.0 Å². The number of imidazole rings is 1. The molecule has 7 nitrogen and oxygen atoms in total. The highest BCUT2D eigenvalue weighted by Gasteiger charge is 2.33. The minimum absolute atomic E-state index is 0.0210. The number of hydrogen-bond donors (Lipinski definition) is 0. The van der Waals surface area contributed by atoms with Gasteiger partial charge in [0, 0.05) is 25.0 Å². The summed E-state index contributed by atoms with van der Waals surface area (Å²) in [7, 11) is -2.37. The van der Waals surface area contributed by atoms with Gasteiger partial charge in [-0.3, -0.25) is 0 Å². The number of ether oxygens (including phenoxy) is 1. The minimum atomic E-state index is -3.67. The summed E-state index contributed by atoms with van der Waals surface area (Å²) >= 11 is 0. The molecule has 1 fully saturated rings. The van der Waals surface area contributed by atoms with E-state index in [0.717, 1.165) is 29.7 Å². The molecule has 2 aromatic carbocycles. The predicted molar refractivity (Wildman–Crippen MR) is 119 cm³/mol. The number of sulfonamides is 1. The maximum atomic E-state index is 13.3. The number of nitrogens with zero attached hydrogens (tertiary/aromatic N) is 3. The summed E-state index contributed by atoms with van der Waals surface area (Å²) in [4.78, 5) is 16.7. The smallest absolute Gasteiger partial charge is 0.337 e. The number of benzene rings is 2. The second-order valence-corrected chi connectivity index (χ2v) is 10.1. The summed E-state index contributed by atoms with van der Waals surface area (Å²) in [6, 6.07) is 14.2. The van der Waals surface area contributed by atoms with Crippen molar-refractivity contribution >= 4 is 27.0 Å². The van der Waals surface area contributed by atoms with Crippen molar-refractivity contribution < 1.29 is 17.9 Å². The monoisotopic (exact) mass is 441 g/mol. The van der Waals surface area contributed by atoms with Crippen molar-refractivity contribution in [2.45, 2.75) is 43.5 Å². The average Bonchev–Trinajstić information content (AvgIpc) is 3.18. The summed E-state index contributed by atoms with van der Waals surface area (Å²) in [5.41, 5.74) is 2.33. The molecule has 0 saturated carbocycles.